The first-order valence-electron chi connectivity index (χ1n) is 5.94. The molecule has 1 atom stereocenters. The molecule has 0 aromatic carbocycles. The van der Waals surface area contributed by atoms with Gasteiger partial charge in [-0.25, -0.2) is 9.50 Å². The highest BCUT2D eigenvalue weighted by Gasteiger charge is 2.29. The van der Waals surface area contributed by atoms with Crippen LogP contribution in [0.5, 0.6) is 0 Å². The molecular formula is C13H17N3O2. The largest absolute Gasteiger partial charge is 0.468 e. The molecule has 0 aliphatic rings. The van der Waals surface area contributed by atoms with Crippen LogP contribution >= 0.6 is 0 Å². The minimum absolute atomic E-state index is 0.0927. The molecule has 0 aliphatic carbocycles. The Morgan fingerprint density at radius 2 is 2.17 bits per heavy atom. The van der Waals surface area contributed by atoms with Gasteiger partial charge < -0.3 is 4.74 Å². The molecule has 0 saturated heterocycles. The highest BCUT2D eigenvalue weighted by Crippen LogP contribution is 2.24. The summed E-state index contributed by atoms with van der Waals surface area (Å²) in [6, 6.07) is 3.87. The van der Waals surface area contributed by atoms with E-state index in [0.717, 1.165) is 11.2 Å². The van der Waals surface area contributed by atoms with Gasteiger partial charge in [-0.2, -0.15) is 5.10 Å². The molecule has 0 N–H and O–H groups in total. The molecule has 0 bridgehead atoms. The fraction of sp³-hybridized carbons (Fsp3) is 0.462. The lowest BCUT2D eigenvalue weighted by molar-refractivity contribution is -0.143. The minimum atomic E-state index is -0.422. The number of hydrogen-bond donors (Lipinski definition) is 0. The Balaban J connectivity index is 2.52. The first-order valence-corrected chi connectivity index (χ1v) is 5.94. The fourth-order valence-corrected chi connectivity index (χ4v) is 1.99. The average Bonchev–Trinajstić information content (AvgIpc) is 2.73. The lowest BCUT2D eigenvalue weighted by Crippen LogP contribution is -2.21. The van der Waals surface area contributed by atoms with Gasteiger partial charge in [0.1, 0.15) is 5.92 Å². The lowest BCUT2D eigenvalue weighted by atomic mass is 9.95. The highest BCUT2D eigenvalue weighted by atomic mass is 16.5. The molecule has 2 heterocycles. The van der Waals surface area contributed by atoms with Crippen molar-refractivity contribution >= 4 is 11.6 Å². The van der Waals surface area contributed by atoms with Crippen molar-refractivity contribution in [1.82, 2.24) is 14.6 Å². The van der Waals surface area contributed by atoms with E-state index in [9.17, 15) is 4.79 Å². The number of carbonyl (C=O) groups excluding carboxylic acids is 1. The molecular weight excluding hydrogens is 230 g/mol. The molecule has 2 aromatic rings. The molecule has 18 heavy (non-hydrogen) atoms. The number of hydrogen-bond acceptors (Lipinski definition) is 4. The third-order valence-electron chi connectivity index (χ3n) is 2.97. The van der Waals surface area contributed by atoms with E-state index in [0.29, 0.717) is 5.82 Å². The van der Waals surface area contributed by atoms with E-state index >= 15 is 0 Å². The van der Waals surface area contributed by atoms with E-state index in [2.05, 4.69) is 10.1 Å². The summed E-state index contributed by atoms with van der Waals surface area (Å²) in [6.07, 6.45) is 1.83. The number of pyridine rings is 1. The van der Waals surface area contributed by atoms with Gasteiger partial charge >= 0.3 is 5.97 Å². The second-order valence-electron chi connectivity index (χ2n) is 4.67. The number of carbonyl (C=O) groups is 1. The Bertz CT molecular complexity index is 575. The van der Waals surface area contributed by atoms with Crippen LogP contribution in [-0.4, -0.2) is 27.7 Å². The van der Waals surface area contributed by atoms with Gasteiger partial charge in [-0.3, -0.25) is 4.79 Å². The summed E-state index contributed by atoms with van der Waals surface area (Å²) >= 11 is 0. The highest BCUT2D eigenvalue weighted by molar-refractivity contribution is 5.77. The Labute approximate surface area is 106 Å². The zero-order valence-corrected chi connectivity index (χ0v) is 11.0. The van der Waals surface area contributed by atoms with Crippen molar-refractivity contribution in [2.75, 3.05) is 7.11 Å². The predicted molar refractivity (Wildman–Crippen MR) is 67.3 cm³/mol. The molecule has 1 unspecified atom stereocenters. The maximum Gasteiger partial charge on any atom is 0.316 e. The van der Waals surface area contributed by atoms with Gasteiger partial charge in [0.05, 0.1) is 7.11 Å². The zero-order valence-electron chi connectivity index (χ0n) is 11.0. The van der Waals surface area contributed by atoms with Crippen molar-refractivity contribution in [3.05, 3.63) is 29.7 Å². The van der Waals surface area contributed by atoms with Gasteiger partial charge in [0.25, 0.3) is 0 Å². The normalized spacial score (nSPS) is 12.9. The number of aryl methyl sites for hydroxylation is 1. The van der Waals surface area contributed by atoms with Crippen LogP contribution in [0.1, 0.15) is 31.2 Å². The Morgan fingerprint density at radius 1 is 1.44 bits per heavy atom. The number of aromatic nitrogens is 3. The van der Waals surface area contributed by atoms with Crippen LogP contribution in [0.15, 0.2) is 18.3 Å². The summed E-state index contributed by atoms with van der Waals surface area (Å²) in [7, 11) is 1.39. The standard InChI is InChI=1S/C13H17N3O2/c1-8(2)10(13(17)18-4)11-14-12-9(3)6-5-7-16(12)15-11/h5-8,10H,1-4H3. The minimum Gasteiger partial charge on any atom is -0.468 e. The van der Waals surface area contributed by atoms with Crippen molar-refractivity contribution in [3.8, 4) is 0 Å². The molecule has 0 amide bonds. The topological polar surface area (TPSA) is 56.5 Å². The summed E-state index contributed by atoms with van der Waals surface area (Å²) in [6.45, 7) is 5.89. The van der Waals surface area contributed by atoms with E-state index < -0.39 is 5.92 Å². The monoisotopic (exact) mass is 247 g/mol. The summed E-state index contributed by atoms with van der Waals surface area (Å²) < 4.78 is 6.52. The molecule has 0 radical (unpaired) electrons. The Hall–Kier alpha value is -1.91. The van der Waals surface area contributed by atoms with E-state index in [1.807, 2.05) is 39.1 Å². The van der Waals surface area contributed by atoms with Crippen LogP contribution in [-0.2, 0) is 9.53 Å². The third-order valence-corrected chi connectivity index (χ3v) is 2.97. The zero-order chi connectivity index (χ0) is 13.3. The fourth-order valence-electron chi connectivity index (χ4n) is 1.99. The lowest BCUT2D eigenvalue weighted by Gasteiger charge is -2.14. The summed E-state index contributed by atoms with van der Waals surface area (Å²) in [4.78, 5) is 16.3. The molecule has 0 aliphatic heterocycles. The predicted octanol–water partition coefficient (Wildman–Crippen LogP) is 1.95. The van der Waals surface area contributed by atoms with Crippen LogP contribution in [0.2, 0.25) is 0 Å². The first-order chi connectivity index (χ1) is 8.54. The van der Waals surface area contributed by atoms with Gasteiger partial charge in [-0.1, -0.05) is 19.9 Å². The first kappa shape index (κ1) is 12.5. The number of rotatable bonds is 3. The smallest absolute Gasteiger partial charge is 0.316 e. The van der Waals surface area contributed by atoms with E-state index in [4.69, 9.17) is 4.74 Å². The van der Waals surface area contributed by atoms with Crippen molar-refractivity contribution < 1.29 is 9.53 Å². The van der Waals surface area contributed by atoms with Crippen molar-refractivity contribution in [1.29, 1.82) is 0 Å². The third kappa shape index (κ3) is 2.08. The van der Waals surface area contributed by atoms with Crippen LogP contribution < -0.4 is 0 Å². The summed E-state index contributed by atoms with van der Waals surface area (Å²) in [5, 5.41) is 4.37. The molecule has 0 spiro atoms. The van der Waals surface area contributed by atoms with E-state index in [-0.39, 0.29) is 11.9 Å². The van der Waals surface area contributed by atoms with E-state index in [1.165, 1.54) is 7.11 Å². The number of ether oxygens (including phenoxy) is 1. The second kappa shape index (κ2) is 4.76. The van der Waals surface area contributed by atoms with Gasteiger partial charge in [0.2, 0.25) is 0 Å². The number of fused-ring (bicyclic) bond motifs is 1. The van der Waals surface area contributed by atoms with Crippen LogP contribution in [0, 0.1) is 12.8 Å². The van der Waals surface area contributed by atoms with Crippen molar-refractivity contribution in [3.63, 3.8) is 0 Å². The second-order valence-corrected chi connectivity index (χ2v) is 4.67. The number of methoxy groups -OCH3 is 1. The molecule has 5 nitrogen and oxygen atoms in total. The molecule has 5 heteroatoms. The Kier molecular flexibility index (Phi) is 3.32. The summed E-state index contributed by atoms with van der Waals surface area (Å²) in [5.41, 5.74) is 1.81. The molecule has 0 fully saturated rings. The molecule has 2 aromatic heterocycles. The quantitative estimate of drug-likeness (QED) is 0.778. The maximum atomic E-state index is 11.8. The summed E-state index contributed by atoms with van der Waals surface area (Å²) in [5.74, 6) is -0.103. The molecule has 0 saturated carbocycles. The van der Waals surface area contributed by atoms with E-state index in [1.54, 1.807) is 4.52 Å². The van der Waals surface area contributed by atoms with Crippen LogP contribution in [0.3, 0.4) is 0 Å². The SMILES string of the molecule is COC(=O)C(c1nc2c(C)cccn2n1)C(C)C. The Morgan fingerprint density at radius 3 is 2.72 bits per heavy atom. The van der Waals surface area contributed by atoms with Gasteiger partial charge in [0.15, 0.2) is 11.5 Å². The average molecular weight is 247 g/mol. The number of nitrogens with zero attached hydrogens (tertiary/aromatic N) is 3. The molecule has 2 rings (SSSR count). The van der Waals surface area contributed by atoms with Crippen LogP contribution in [0.25, 0.3) is 5.65 Å². The van der Waals surface area contributed by atoms with Crippen molar-refractivity contribution in [2.45, 2.75) is 26.7 Å². The molecule has 96 valence electrons. The maximum absolute atomic E-state index is 11.8. The van der Waals surface area contributed by atoms with Gasteiger partial charge in [0, 0.05) is 6.20 Å². The van der Waals surface area contributed by atoms with Gasteiger partial charge in [-0.15, -0.1) is 0 Å². The van der Waals surface area contributed by atoms with Crippen molar-refractivity contribution in [2.24, 2.45) is 5.92 Å². The number of esters is 1. The van der Waals surface area contributed by atoms with Gasteiger partial charge in [-0.05, 0) is 24.5 Å². The van der Waals surface area contributed by atoms with Crippen LogP contribution in [0.4, 0.5) is 0 Å².